The van der Waals surface area contributed by atoms with E-state index in [-0.39, 0.29) is 24.9 Å². The third-order valence-electron chi connectivity index (χ3n) is 4.69. The third kappa shape index (κ3) is 3.68. The number of amides is 5. The molecule has 8 nitrogen and oxygen atoms in total. The number of imide groups is 1. The van der Waals surface area contributed by atoms with Gasteiger partial charge in [-0.2, -0.15) is 0 Å². The van der Waals surface area contributed by atoms with E-state index in [0.29, 0.717) is 25.9 Å². The summed E-state index contributed by atoms with van der Waals surface area (Å²) in [7, 11) is 0. The van der Waals surface area contributed by atoms with Crippen molar-refractivity contribution in [3.05, 3.63) is 0 Å². The molecular formula is C16H26N4O4. The van der Waals surface area contributed by atoms with Gasteiger partial charge in [0.1, 0.15) is 12.1 Å². The molecule has 2 N–H and O–H groups in total. The third-order valence-corrected chi connectivity index (χ3v) is 4.69. The predicted molar refractivity (Wildman–Crippen MR) is 87.0 cm³/mol. The molecule has 1 saturated heterocycles. The minimum Gasteiger partial charge on any atom is -0.355 e. The molecule has 1 spiro atoms. The van der Waals surface area contributed by atoms with Gasteiger partial charge in [0.15, 0.2) is 0 Å². The Labute approximate surface area is 141 Å². The van der Waals surface area contributed by atoms with Crippen LogP contribution in [0.15, 0.2) is 0 Å². The first-order valence-electron chi connectivity index (χ1n) is 8.62. The molecule has 0 radical (unpaired) electrons. The molecule has 1 saturated carbocycles. The average Bonchev–Trinajstić information content (AvgIpc) is 2.77. The molecular weight excluding hydrogens is 312 g/mol. The fraction of sp³-hybridized carbons (Fsp3) is 0.750. The van der Waals surface area contributed by atoms with Crippen LogP contribution >= 0.6 is 0 Å². The van der Waals surface area contributed by atoms with E-state index in [0.717, 1.165) is 24.2 Å². The Balaban J connectivity index is 2.00. The lowest BCUT2D eigenvalue weighted by Crippen LogP contribution is -2.49. The Kier molecular flexibility index (Phi) is 5.80. The van der Waals surface area contributed by atoms with Crippen molar-refractivity contribution in [3.63, 3.8) is 0 Å². The number of carbonyl (C=O) groups excluding carboxylic acids is 4. The van der Waals surface area contributed by atoms with Crippen LogP contribution in [0.4, 0.5) is 4.79 Å². The van der Waals surface area contributed by atoms with Gasteiger partial charge in [-0.25, -0.2) is 4.79 Å². The zero-order valence-electron chi connectivity index (χ0n) is 14.4. The minimum absolute atomic E-state index is 0.0715. The molecule has 24 heavy (non-hydrogen) atoms. The molecule has 2 rings (SSSR count). The fourth-order valence-corrected chi connectivity index (χ4v) is 3.35. The maximum atomic E-state index is 12.7. The normalized spacial score (nSPS) is 19.3. The standard InChI is InChI=1S/C16H26N4O4/c1-3-17-12(21)10-19(4-2)13(22)11-20-14(23)16(18-15(20)24)8-6-5-7-9-16/h3-11H2,1-2H3,(H,17,21)(H,18,24). The lowest BCUT2D eigenvalue weighted by molar-refractivity contribution is -0.141. The van der Waals surface area contributed by atoms with Crippen LogP contribution in [0.5, 0.6) is 0 Å². The van der Waals surface area contributed by atoms with Gasteiger partial charge >= 0.3 is 6.03 Å². The fourth-order valence-electron chi connectivity index (χ4n) is 3.35. The number of urea groups is 1. The smallest absolute Gasteiger partial charge is 0.325 e. The van der Waals surface area contributed by atoms with Crippen LogP contribution in [0, 0.1) is 0 Å². The lowest BCUT2D eigenvalue weighted by atomic mass is 9.82. The van der Waals surface area contributed by atoms with Gasteiger partial charge in [-0.05, 0) is 26.7 Å². The summed E-state index contributed by atoms with van der Waals surface area (Å²) in [6.45, 7) is 3.99. The second-order valence-electron chi connectivity index (χ2n) is 6.33. The molecule has 5 amide bonds. The SMILES string of the molecule is CCNC(=O)CN(CC)C(=O)CN1C(=O)NC2(CCCCC2)C1=O. The van der Waals surface area contributed by atoms with Crippen molar-refractivity contribution < 1.29 is 19.2 Å². The van der Waals surface area contributed by atoms with E-state index in [2.05, 4.69) is 10.6 Å². The van der Waals surface area contributed by atoms with E-state index in [1.807, 2.05) is 0 Å². The summed E-state index contributed by atoms with van der Waals surface area (Å²) >= 11 is 0. The first-order chi connectivity index (χ1) is 11.4. The molecule has 2 fully saturated rings. The maximum absolute atomic E-state index is 12.7. The van der Waals surface area contributed by atoms with Gasteiger partial charge < -0.3 is 15.5 Å². The average molecular weight is 338 g/mol. The molecule has 0 atom stereocenters. The van der Waals surface area contributed by atoms with E-state index in [1.54, 1.807) is 13.8 Å². The molecule has 0 unspecified atom stereocenters. The summed E-state index contributed by atoms with van der Waals surface area (Å²) < 4.78 is 0. The van der Waals surface area contributed by atoms with Crippen molar-refractivity contribution in [1.29, 1.82) is 0 Å². The molecule has 1 aliphatic carbocycles. The first kappa shape index (κ1) is 18.2. The highest BCUT2D eigenvalue weighted by molar-refractivity contribution is 6.09. The summed E-state index contributed by atoms with van der Waals surface area (Å²) in [5, 5.41) is 5.41. The lowest BCUT2D eigenvalue weighted by Gasteiger charge is -2.30. The van der Waals surface area contributed by atoms with Crippen molar-refractivity contribution in [2.45, 2.75) is 51.5 Å². The van der Waals surface area contributed by atoms with Crippen LogP contribution in [-0.4, -0.2) is 65.3 Å². The molecule has 0 bridgehead atoms. The molecule has 2 aliphatic rings. The molecule has 134 valence electrons. The minimum atomic E-state index is -0.827. The van der Waals surface area contributed by atoms with Crippen LogP contribution in [0.2, 0.25) is 0 Å². The Bertz CT molecular complexity index is 528. The van der Waals surface area contributed by atoms with Crippen molar-refractivity contribution in [3.8, 4) is 0 Å². The number of rotatable bonds is 6. The molecule has 8 heteroatoms. The highest BCUT2D eigenvalue weighted by Gasteiger charge is 2.51. The number of hydrogen-bond donors (Lipinski definition) is 2. The second-order valence-corrected chi connectivity index (χ2v) is 6.33. The van der Waals surface area contributed by atoms with Crippen LogP contribution in [0.3, 0.4) is 0 Å². The highest BCUT2D eigenvalue weighted by atomic mass is 16.2. The second kappa shape index (κ2) is 7.63. The Morgan fingerprint density at radius 2 is 1.88 bits per heavy atom. The van der Waals surface area contributed by atoms with E-state index < -0.39 is 17.5 Å². The maximum Gasteiger partial charge on any atom is 0.325 e. The number of nitrogens with one attached hydrogen (secondary N) is 2. The Morgan fingerprint density at radius 1 is 1.21 bits per heavy atom. The predicted octanol–water partition coefficient (Wildman–Crippen LogP) is 0.226. The van der Waals surface area contributed by atoms with Crippen molar-refractivity contribution in [2.75, 3.05) is 26.2 Å². The Morgan fingerprint density at radius 3 is 2.46 bits per heavy atom. The zero-order chi connectivity index (χ0) is 17.7. The number of carbonyl (C=O) groups is 4. The summed E-state index contributed by atoms with van der Waals surface area (Å²) in [5.41, 5.74) is -0.827. The van der Waals surface area contributed by atoms with E-state index >= 15 is 0 Å². The van der Waals surface area contributed by atoms with E-state index in [9.17, 15) is 19.2 Å². The molecule has 0 aromatic carbocycles. The topological polar surface area (TPSA) is 98.8 Å². The van der Waals surface area contributed by atoms with E-state index in [1.165, 1.54) is 4.90 Å². The molecule has 1 aliphatic heterocycles. The number of hydrogen-bond acceptors (Lipinski definition) is 4. The van der Waals surface area contributed by atoms with Gasteiger partial charge in [0.05, 0.1) is 6.54 Å². The summed E-state index contributed by atoms with van der Waals surface area (Å²) in [6.07, 6.45) is 4.09. The largest absolute Gasteiger partial charge is 0.355 e. The monoisotopic (exact) mass is 338 g/mol. The number of nitrogens with zero attached hydrogens (tertiary/aromatic N) is 2. The quantitative estimate of drug-likeness (QED) is 0.677. The van der Waals surface area contributed by atoms with Gasteiger partial charge in [0.2, 0.25) is 11.8 Å². The summed E-state index contributed by atoms with van der Waals surface area (Å²) in [5.74, 6) is -0.969. The van der Waals surface area contributed by atoms with Crippen molar-refractivity contribution in [2.24, 2.45) is 0 Å². The molecule has 1 heterocycles. The van der Waals surface area contributed by atoms with Gasteiger partial charge in [-0.15, -0.1) is 0 Å². The Hall–Kier alpha value is -2.12. The molecule has 0 aromatic heterocycles. The zero-order valence-corrected chi connectivity index (χ0v) is 14.4. The number of likely N-dealkylation sites (N-methyl/N-ethyl adjacent to an activating group) is 2. The van der Waals surface area contributed by atoms with Crippen LogP contribution < -0.4 is 10.6 Å². The van der Waals surface area contributed by atoms with Gasteiger partial charge in [0, 0.05) is 13.1 Å². The molecule has 0 aromatic rings. The summed E-state index contributed by atoms with van der Waals surface area (Å²) in [4.78, 5) is 51.2. The van der Waals surface area contributed by atoms with Crippen LogP contribution in [0.25, 0.3) is 0 Å². The van der Waals surface area contributed by atoms with Crippen LogP contribution in [0.1, 0.15) is 46.0 Å². The van der Waals surface area contributed by atoms with Gasteiger partial charge in [-0.3, -0.25) is 19.3 Å². The van der Waals surface area contributed by atoms with Gasteiger partial charge in [-0.1, -0.05) is 19.3 Å². The van der Waals surface area contributed by atoms with Crippen molar-refractivity contribution >= 4 is 23.8 Å². The first-order valence-corrected chi connectivity index (χ1v) is 8.62. The van der Waals surface area contributed by atoms with E-state index in [4.69, 9.17) is 0 Å². The highest BCUT2D eigenvalue weighted by Crippen LogP contribution is 2.33. The summed E-state index contributed by atoms with van der Waals surface area (Å²) in [6, 6.07) is -0.510. The van der Waals surface area contributed by atoms with Crippen molar-refractivity contribution in [1.82, 2.24) is 20.4 Å². The van der Waals surface area contributed by atoms with Crippen LogP contribution in [-0.2, 0) is 14.4 Å². The van der Waals surface area contributed by atoms with Gasteiger partial charge in [0.25, 0.3) is 5.91 Å².